The van der Waals surface area contributed by atoms with Crippen LogP contribution in [0.5, 0.6) is 0 Å². The summed E-state index contributed by atoms with van der Waals surface area (Å²) in [6.07, 6.45) is 6.32. The van der Waals surface area contributed by atoms with Gasteiger partial charge in [0.1, 0.15) is 5.82 Å². The molecule has 0 atom stereocenters. The van der Waals surface area contributed by atoms with Gasteiger partial charge in [0.2, 0.25) is 0 Å². The molecule has 160 valence electrons. The van der Waals surface area contributed by atoms with Crippen LogP contribution < -0.4 is 5.32 Å². The van der Waals surface area contributed by atoms with Gasteiger partial charge in [0.05, 0.1) is 22.8 Å². The van der Waals surface area contributed by atoms with Crippen molar-refractivity contribution in [3.05, 3.63) is 65.9 Å². The van der Waals surface area contributed by atoms with Gasteiger partial charge in [-0.05, 0) is 45.7 Å². The van der Waals surface area contributed by atoms with Crippen molar-refractivity contribution in [1.82, 2.24) is 29.6 Å². The van der Waals surface area contributed by atoms with Crippen molar-refractivity contribution in [2.24, 2.45) is 0 Å². The Balaban J connectivity index is 1.63. The highest BCUT2D eigenvalue weighted by atomic mass is 16.1. The zero-order chi connectivity index (χ0) is 22.0. The van der Waals surface area contributed by atoms with E-state index in [4.69, 9.17) is 4.98 Å². The van der Waals surface area contributed by atoms with Gasteiger partial charge in [-0.3, -0.25) is 4.79 Å². The third-order valence-corrected chi connectivity index (χ3v) is 5.51. The fraction of sp³-hybridized carbons (Fsp3) is 0.333. The predicted molar refractivity (Wildman–Crippen MR) is 122 cm³/mol. The molecule has 3 heterocycles. The first-order valence-electron chi connectivity index (χ1n) is 10.7. The van der Waals surface area contributed by atoms with E-state index >= 15 is 0 Å². The second-order valence-electron chi connectivity index (χ2n) is 8.07. The largest absolute Gasteiger partial charge is 0.352 e. The smallest absolute Gasteiger partial charge is 0.252 e. The summed E-state index contributed by atoms with van der Waals surface area (Å²) in [4.78, 5) is 22.3. The number of pyridine rings is 1. The number of carbonyl (C=O) groups is 1. The van der Waals surface area contributed by atoms with E-state index in [0.717, 1.165) is 46.6 Å². The third kappa shape index (κ3) is 4.21. The van der Waals surface area contributed by atoms with Crippen molar-refractivity contribution in [2.75, 3.05) is 6.54 Å². The average molecular weight is 417 g/mol. The molecule has 31 heavy (non-hydrogen) atoms. The molecule has 0 fully saturated rings. The van der Waals surface area contributed by atoms with E-state index in [-0.39, 0.29) is 11.9 Å². The lowest BCUT2D eigenvalue weighted by molar-refractivity contribution is 0.0954. The van der Waals surface area contributed by atoms with Gasteiger partial charge in [-0.15, -0.1) is 0 Å². The lowest BCUT2D eigenvalue weighted by Gasteiger charge is -2.12. The molecule has 1 N–H and O–H groups in total. The summed E-state index contributed by atoms with van der Waals surface area (Å²) in [6, 6.07) is 10.1. The average Bonchev–Trinajstić information content (AvgIpc) is 3.36. The van der Waals surface area contributed by atoms with Crippen LogP contribution in [0.1, 0.15) is 48.1 Å². The van der Waals surface area contributed by atoms with Gasteiger partial charge in [0, 0.05) is 37.1 Å². The number of hydrogen-bond donors (Lipinski definition) is 1. The van der Waals surface area contributed by atoms with Crippen LogP contribution >= 0.6 is 0 Å². The van der Waals surface area contributed by atoms with Crippen LogP contribution in [0.25, 0.3) is 22.3 Å². The van der Waals surface area contributed by atoms with E-state index in [2.05, 4.69) is 46.8 Å². The zero-order valence-electron chi connectivity index (χ0n) is 18.5. The Hall–Kier alpha value is -3.48. The Morgan fingerprint density at radius 1 is 1.19 bits per heavy atom. The summed E-state index contributed by atoms with van der Waals surface area (Å²) >= 11 is 0. The second-order valence-corrected chi connectivity index (χ2v) is 8.07. The number of rotatable bonds is 7. The van der Waals surface area contributed by atoms with Crippen molar-refractivity contribution in [3.63, 3.8) is 0 Å². The summed E-state index contributed by atoms with van der Waals surface area (Å²) in [5, 5.41) is 8.34. The predicted octanol–water partition coefficient (Wildman–Crippen LogP) is 4.31. The molecule has 0 unspecified atom stereocenters. The Morgan fingerprint density at radius 3 is 2.71 bits per heavy atom. The maximum atomic E-state index is 13.1. The molecule has 0 aliphatic heterocycles. The van der Waals surface area contributed by atoms with Crippen LogP contribution in [0.2, 0.25) is 0 Å². The summed E-state index contributed by atoms with van der Waals surface area (Å²) in [7, 11) is 0. The highest BCUT2D eigenvalue weighted by molar-refractivity contribution is 6.06. The van der Waals surface area contributed by atoms with E-state index in [9.17, 15) is 4.79 Å². The lowest BCUT2D eigenvalue weighted by atomic mass is 10.0. The van der Waals surface area contributed by atoms with Crippen molar-refractivity contribution >= 4 is 16.9 Å². The fourth-order valence-electron chi connectivity index (χ4n) is 3.77. The number of aromatic nitrogens is 5. The number of nitrogens with zero attached hydrogens (tertiary/aromatic N) is 5. The monoisotopic (exact) mass is 416 g/mol. The summed E-state index contributed by atoms with van der Waals surface area (Å²) in [6.45, 7) is 9.55. The topological polar surface area (TPSA) is 77.6 Å². The summed E-state index contributed by atoms with van der Waals surface area (Å²) < 4.78 is 3.95. The number of nitrogens with one attached hydrogen (secondary N) is 1. The van der Waals surface area contributed by atoms with Gasteiger partial charge < -0.3 is 9.88 Å². The van der Waals surface area contributed by atoms with Crippen molar-refractivity contribution < 1.29 is 4.79 Å². The molecule has 0 saturated carbocycles. The number of aryl methyl sites for hydroxylation is 3. The Kier molecular flexibility index (Phi) is 5.84. The first-order valence-corrected chi connectivity index (χ1v) is 10.7. The molecule has 3 aromatic heterocycles. The van der Waals surface area contributed by atoms with Gasteiger partial charge in [-0.1, -0.05) is 24.3 Å². The zero-order valence-corrected chi connectivity index (χ0v) is 18.5. The van der Waals surface area contributed by atoms with Crippen LogP contribution in [0.15, 0.2) is 48.9 Å². The molecule has 0 bridgehead atoms. The number of amides is 1. The molecule has 7 nitrogen and oxygen atoms in total. The maximum absolute atomic E-state index is 13.1. The molecule has 1 amide bonds. The van der Waals surface area contributed by atoms with Gasteiger partial charge in [0.15, 0.2) is 5.65 Å². The SMILES string of the molecule is Cc1ccccc1-c1cc(C(=O)NCCCn2ccnc2C)c2cnn(C(C)C)c2n1. The van der Waals surface area contributed by atoms with Crippen LogP contribution in [0.3, 0.4) is 0 Å². The maximum Gasteiger partial charge on any atom is 0.252 e. The van der Waals surface area contributed by atoms with E-state index < -0.39 is 0 Å². The van der Waals surface area contributed by atoms with Crippen molar-refractivity contribution in [1.29, 1.82) is 0 Å². The summed E-state index contributed by atoms with van der Waals surface area (Å²) in [5.74, 6) is 0.874. The van der Waals surface area contributed by atoms with E-state index in [1.165, 1.54) is 0 Å². The lowest BCUT2D eigenvalue weighted by Crippen LogP contribution is -2.25. The number of imidazole rings is 1. The number of hydrogen-bond acceptors (Lipinski definition) is 4. The molecule has 0 saturated heterocycles. The van der Waals surface area contributed by atoms with Crippen molar-refractivity contribution in [3.8, 4) is 11.3 Å². The molecule has 0 radical (unpaired) electrons. The first kappa shape index (κ1) is 20.8. The third-order valence-electron chi connectivity index (χ3n) is 5.51. The van der Waals surface area contributed by atoms with Crippen LogP contribution in [0.4, 0.5) is 0 Å². The highest BCUT2D eigenvalue weighted by Gasteiger charge is 2.19. The minimum absolute atomic E-state index is 0.104. The van der Waals surface area contributed by atoms with E-state index in [1.54, 1.807) is 12.4 Å². The van der Waals surface area contributed by atoms with E-state index in [0.29, 0.717) is 12.1 Å². The number of carbonyl (C=O) groups excluding carboxylic acids is 1. The normalized spacial score (nSPS) is 11.4. The van der Waals surface area contributed by atoms with Crippen LogP contribution in [-0.2, 0) is 6.54 Å². The molecule has 0 spiro atoms. The van der Waals surface area contributed by atoms with Gasteiger partial charge in [-0.2, -0.15) is 5.10 Å². The van der Waals surface area contributed by atoms with Crippen molar-refractivity contribution in [2.45, 2.75) is 46.7 Å². The van der Waals surface area contributed by atoms with Gasteiger partial charge in [-0.25, -0.2) is 14.6 Å². The fourth-order valence-corrected chi connectivity index (χ4v) is 3.77. The summed E-state index contributed by atoms with van der Waals surface area (Å²) in [5.41, 5.74) is 4.26. The van der Waals surface area contributed by atoms with Gasteiger partial charge in [0.25, 0.3) is 5.91 Å². The van der Waals surface area contributed by atoms with E-state index in [1.807, 2.05) is 42.1 Å². The molecule has 7 heteroatoms. The van der Waals surface area contributed by atoms with Crippen LogP contribution in [0, 0.1) is 13.8 Å². The Labute approximate surface area is 182 Å². The molecular weight excluding hydrogens is 388 g/mol. The minimum Gasteiger partial charge on any atom is -0.352 e. The number of benzene rings is 1. The first-order chi connectivity index (χ1) is 15.0. The van der Waals surface area contributed by atoms with Crippen LogP contribution in [-0.4, -0.2) is 36.8 Å². The molecule has 0 aliphatic carbocycles. The molecule has 4 aromatic rings. The Bertz CT molecular complexity index is 1220. The highest BCUT2D eigenvalue weighted by Crippen LogP contribution is 2.28. The molecule has 1 aromatic carbocycles. The Morgan fingerprint density at radius 2 is 2.00 bits per heavy atom. The standard InChI is InChI=1S/C24H28N6O/c1-16(2)30-23-21(15-27-30)20(14-22(28-23)19-9-6-5-8-17(19)3)24(31)26-10-7-12-29-13-11-25-18(29)4/h5-6,8-9,11,13-16H,7,10,12H2,1-4H3,(H,26,31). The minimum atomic E-state index is -0.104. The quantitative estimate of drug-likeness (QED) is 0.455. The molecule has 4 rings (SSSR count). The molecule has 0 aliphatic rings. The number of fused-ring (bicyclic) bond motifs is 1. The van der Waals surface area contributed by atoms with Gasteiger partial charge >= 0.3 is 0 Å². The molecular formula is C24H28N6O. The second kappa shape index (κ2) is 8.71.